The standard InChI is InChI=1S/C10H10N2O4/c1-7-6-10(13,16-11-7)8-2-4-9(5-3-8)12(14)15/h2-5,13H,6H2,1H3. The summed E-state index contributed by atoms with van der Waals surface area (Å²) in [4.78, 5) is 14.9. The quantitative estimate of drug-likeness (QED) is 0.607. The molecule has 0 amide bonds. The van der Waals surface area contributed by atoms with E-state index in [1.165, 1.54) is 24.3 Å². The molecular weight excluding hydrogens is 212 g/mol. The first kappa shape index (κ1) is 10.6. The Bertz CT molecular complexity index is 454. The van der Waals surface area contributed by atoms with Crippen LogP contribution in [0.4, 0.5) is 5.69 Å². The van der Waals surface area contributed by atoms with E-state index in [4.69, 9.17) is 4.84 Å². The van der Waals surface area contributed by atoms with Crippen molar-refractivity contribution in [2.24, 2.45) is 5.16 Å². The molecule has 0 fully saturated rings. The van der Waals surface area contributed by atoms with Gasteiger partial charge in [-0.05, 0) is 19.1 Å². The van der Waals surface area contributed by atoms with Crippen LogP contribution in [0.2, 0.25) is 0 Å². The molecule has 0 saturated heterocycles. The van der Waals surface area contributed by atoms with Crippen LogP contribution in [0.3, 0.4) is 0 Å². The minimum atomic E-state index is -1.49. The third kappa shape index (κ3) is 1.74. The number of aliphatic hydroxyl groups is 1. The van der Waals surface area contributed by atoms with Gasteiger partial charge in [-0.25, -0.2) is 0 Å². The number of non-ortho nitro benzene ring substituents is 1. The maximum atomic E-state index is 10.5. The normalized spacial score (nSPS) is 23.8. The minimum absolute atomic E-state index is 0.0250. The maximum Gasteiger partial charge on any atom is 0.269 e. The van der Waals surface area contributed by atoms with Gasteiger partial charge in [0.25, 0.3) is 11.5 Å². The zero-order chi connectivity index (χ0) is 11.8. The molecular formula is C10H10N2O4. The van der Waals surface area contributed by atoms with E-state index in [2.05, 4.69) is 5.16 Å². The number of nitro groups is 1. The first-order valence-electron chi connectivity index (χ1n) is 4.70. The van der Waals surface area contributed by atoms with Crippen LogP contribution in [0.1, 0.15) is 18.9 Å². The molecule has 1 aliphatic heterocycles. The van der Waals surface area contributed by atoms with Gasteiger partial charge < -0.3 is 9.94 Å². The van der Waals surface area contributed by atoms with Gasteiger partial charge in [0.2, 0.25) is 0 Å². The molecule has 1 aromatic carbocycles. The molecule has 0 bridgehead atoms. The van der Waals surface area contributed by atoms with Crippen molar-refractivity contribution in [2.45, 2.75) is 19.1 Å². The number of hydrogen-bond donors (Lipinski definition) is 1. The van der Waals surface area contributed by atoms with E-state index in [9.17, 15) is 15.2 Å². The summed E-state index contributed by atoms with van der Waals surface area (Å²) in [5.74, 6) is -1.49. The van der Waals surface area contributed by atoms with Crippen LogP contribution in [0.15, 0.2) is 29.4 Å². The SMILES string of the molecule is CC1=NOC(O)(c2ccc([N+](=O)[O-])cc2)C1. The van der Waals surface area contributed by atoms with Gasteiger partial charge in [0.1, 0.15) is 0 Å². The summed E-state index contributed by atoms with van der Waals surface area (Å²) in [6, 6.07) is 5.58. The Morgan fingerprint density at radius 3 is 2.56 bits per heavy atom. The van der Waals surface area contributed by atoms with Crippen molar-refractivity contribution < 1.29 is 14.9 Å². The van der Waals surface area contributed by atoms with Gasteiger partial charge in [0.05, 0.1) is 17.1 Å². The fourth-order valence-corrected chi connectivity index (χ4v) is 1.56. The Morgan fingerprint density at radius 1 is 1.50 bits per heavy atom. The predicted octanol–water partition coefficient (Wildman–Crippen LogP) is 1.54. The van der Waals surface area contributed by atoms with Crippen molar-refractivity contribution >= 4 is 11.4 Å². The van der Waals surface area contributed by atoms with E-state index in [0.29, 0.717) is 11.3 Å². The highest BCUT2D eigenvalue weighted by Crippen LogP contribution is 2.32. The third-order valence-corrected chi connectivity index (χ3v) is 2.38. The number of benzene rings is 1. The smallest absolute Gasteiger partial charge is 0.269 e. The Balaban J connectivity index is 2.26. The lowest BCUT2D eigenvalue weighted by Crippen LogP contribution is -2.25. The minimum Gasteiger partial charge on any atom is -0.355 e. The molecule has 0 aliphatic carbocycles. The van der Waals surface area contributed by atoms with Crippen LogP contribution < -0.4 is 0 Å². The predicted molar refractivity (Wildman–Crippen MR) is 55.8 cm³/mol. The van der Waals surface area contributed by atoms with E-state index < -0.39 is 10.7 Å². The maximum absolute atomic E-state index is 10.5. The van der Waals surface area contributed by atoms with Crippen molar-refractivity contribution in [3.63, 3.8) is 0 Å². The topological polar surface area (TPSA) is 85.0 Å². The molecule has 0 radical (unpaired) electrons. The fraction of sp³-hybridized carbons (Fsp3) is 0.300. The van der Waals surface area contributed by atoms with Gasteiger partial charge in [-0.15, -0.1) is 0 Å². The molecule has 1 unspecified atom stereocenters. The highest BCUT2D eigenvalue weighted by molar-refractivity contribution is 5.83. The summed E-state index contributed by atoms with van der Waals surface area (Å²) < 4.78 is 0. The molecule has 1 atom stereocenters. The highest BCUT2D eigenvalue weighted by Gasteiger charge is 2.37. The Labute approximate surface area is 91.3 Å². The molecule has 1 heterocycles. The van der Waals surface area contributed by atoms with Crippen LogP contribution in [0.5, 0.6) is 0 Å². The lowest BCUT2D eigenvalue weighted by atomic mass is 10.0. The average Bonchev–Trinajstić information content (AvgIpc) is 2.60. The van der Waals surface area contributed by atoms with Crippen molar-refractivity contribution in [1.29, 1.82) is 0 Å². The fourth-order valence-electron chi connectivity index (χ4n) is 1.56. The van der Waals surface area contributed by atoms with E-state index in [-0.39, 0.29) is 12.1 Å². The van der Waals surface area contributed by atoms with E-state index >= 15 is 0 Å². The molecule has 1 N–H and O–H groups in total. The van der Waals surface area contributed by atoms with Crippen molar-refractivity contribution in [1.82, 2.24) is 0 Å². The zero-order valence-corrected chi connectivity index (χ0v) is 8.58. The van der Waals surface area contributed by atoms with E-state index in [1.54, 1.807) is 6.92 Å². The van der Waals surface area contributed by atoms with Crippen molar-refractivity contribution in [3.05, 3.63) is 39.9 Å². The largest absolute Gasteiger partial charge is 0.355 e. The molecule has 1 aromatic rings. The van der Waals surface area contributed by atoms with Gasteiger partial charge in [0.15, 0.2) is 0 Å². The van der Waals surface area contributed by atoms with Crippen LogP contribution in [0, 0.1) is 10.1 Å². The van der Waals surface area contributed by atoms with Gasteiger partial charge in [-0.2, -0.15) is 0 Å². The Morgan fingerprint density at radius 2 is 2.12 bits per heavy atom. The number of oxime groups is 1. The monoisotopic (exact) mass is 222 g/mol. The molecule has 6 nitrogen and oxygen atoms in total. The summed E-state index contributed by atoms with van der Waals surface area (Å²) in [6.07, 6.45) is 0.269. The van der Waals surface area contributed by atoms with E-state index in [1.807, 2.05) is 0 Å². The van der Waals surface area contributed by atoms with Crippen molar-refractivity contribution in [2.75, 3.05) is 0 Å². The number of nitrogens with zero attached hydrogens (tertiary/aromatic N) is 2. The summed E-state index contributed by atoms with van der Waals surface area (Å²) in [5, 5.41) is 24.2. The second-order valence-corrected chi connectivity index (χ2v) is 3.68. The molecule has 0 saturated carbocycles. The van der Waals surface area contributed by atoms with Crippen LogP contribution in [-0.4, -0.2) is 15.7 Å². The van der Waals surface area contributed by atoms with Gasteiger partial charge in [0, 0.05) is 17.7 Å². The summed E-state index contributed by atoms with van der Waals surface area (Å²) in [7, 11) is 0. The van der Waals surface area contributed by atoms with E-state index in [0.717, 1.165) is 0 Å². The van der Waals surface area contributed by atoms with Crippen LogP contribution in [0.25, 0.3) is 0 Å². The van der Waals surface area contributed by atoms with Gasteiger partial charge in [-0.3, -0.25) is 10.1 Å². The lowest BCUT2D eigenvalue weighted by Gasteiger charge is -2.19. The third-order valence-electron chi connectivity index (χ3n) is 2.38. The molecule has 84 valence electrons. The summed E-state index contributed by atoms with van der Waals surface area (Å²) in [5.41, 5.74) is 1.11. The molecule has 0 spiro atoms. The number of rotatable bonds is 2. The molecule has 1 aliphatic rings. The zero-order valence-electron chi connectivity index (χ0n) is 8.58. The second kappa shape index (κ2) is 3.57. The summed E-state index contributed by atoms with van der Waals surface area (Å²) >= 11 is 0. The highest BCUT2D eigenvalue weighted by atomic mass is 16.7. The molecule has 0 aromatic heterocycles. The van der Waals surface area contributed by atoms with Crippen molar-refractivity contribution in [3.8, 4) is 0 Å². The first-order chi connectivity index (χ1) is 7.51. The second-order valence-electron chi connectivity index (χ2n) is 3.68. The Hall–Kier alpha value is -1.95. The van der Waals surface area contributed by atoms with Gasteiger partial charge >= 0.3 is 0 Å². The molecule has 2 rings (SSSR count). The first-order valence-corrected chi connectivity index (χ1v) is 4.70. The molecule has 6 heteroatoms. The number of hydrogen-bond acceptors (Lipinski definition) is 5. The average molecular weight is 222 g/mol. The Kier molecular flexibility index (Phi) is 2.35. The summed E-state index contributed by atoms with van der Waals surface area (Å²) in [6.45, 7) is 1.74. The van der Waals surface area contributed by atoms with Crippen LogP contribution in [-0.2, 0) is 10.6 Å². The molecule has 16 heavy (non-hydrogen) atoms. The van der Waals surface area contributed by atoms with Gasteiger partial charge in [-0.1, -0.05) is 5.16 Å². The number of nitro benzene ring substituents is 1. The lowest BCUT2D eigenvalue weighted by molar-refractivity contribution is -0.384. The van der Waals surface area contributed by atoms with Crippen LogP contribution >= 0.6 is 0 Å².